The standard InChI is InChI=1S/C14H19N3O5S/c1-5-6-11-10(7-8-22-11)13(18)16-23(19,20)12-9(2)15-17(3)14(12)21-4/h7-8H,5-6H2,1-4H3,(H,16,18). The van der Waals surface area contributed by atoms with Gasteiger partial charge < -0.3 is 9.15 Å². The molecule has 1 N–H and O–H groups in total. The lowest BCUT2D eigenvalue weighted by atomic mass is 10.2. The molecule has 0 saturated heterocycles. The summed E-state index contributed by atoms with van der Waals surface area (Å²) in [5.74, 6) is -0.230. The summed E-state index contributed by atoms with van der Waals surface area (Å²) in [6.07, 6.45) is 2.68. The van der Waals surface area contributed by atoms with Gasteiger partial charge in [0, 0.05) is 13.5 Å². The van der Waals surface area contributed by atoms with Crippen LogP contribution in [0.1, 0.15) is 35.2 Å². The van der Waals surface area contributed by atoms with Crippen molar-refractivity contribution in [3.8, 4) is 5.88 Å². The summed E-state index contributed by atoms with van der Waals surface area (Å²) in [4.78, 5) is 12.1. The maximum Gasteiger partial charge on any atom is 0.271 e. The number of rotatable bonds is 6. The third-order valence-corrected chi connectivity index (χ3v) is 4.73. The number of hydrogen-bond donors (Lipinski definition) is 1. The van der Waals surface area contributed by atoms with Gasteiger partial charge in [-0.15, -0.1) is 0 Å². The molecule has 0 aliphatic rings. The Morgan fingerprint density at radius 3 is 2.78 bits per heavy atom. The van der Waals surface area contributed by atoms with Crippen LogP contribution in [0.2, 0.25) is 0 Å². The zero-order valence-corrected chi connectivity index (χ0v) is 14.2. The first kappa shape index (κ1) is 17.1. The number of aromatic nitrogens is 2. The second-order valence-corrected chi connectivity index (χ2v) is 6.61. The van der Waals surface area contributed by atoms with Gasteiger partial charge in [0.1, 0.15) is 5.76 Å². The van der Waals surface area contributed by atoms with Crippen molar-refractivity contribution in [2.24, 2.45) is 7.05 Å². The molecule has 9 heteroatoms. The highest BCUT2D eigenvalue weighted by Gasteiger charge is 2.30. The Kier molecular flexibility index (Phi) is 4.79. The average molecular weight is 341 g/mol. The van der Waals surface area contributed by atoms with Crippen LogP contribution in [0, 0.1) is 6.92 Å². The number of nitrogens with one attached hydrogen (secondary N) is 1. The van der Waals surface area contributed by atoms with E-state index < -0.39 is 15.9 Å². The zero-order valence-electron chi connectivity index (χ0n) is 13.4. The smallest absolute Gasteiger partial charge is 0.271 e. The molecule has 0 radical (unpaired) electrons. The first-order valence-electron chi connectivity index (χ1n) is 7.03. The molecular formula is C14H19N3O5S. The second-order valence-electron chi connectivity index (χ2n) is 4.99. The van der Waals surface area contributed by atoms with Crippen LogP contribution in [0.15, 0.2) is 21.6 Å². The molecule has 2 aromatic heterocycles. The number of methoxy groups -OCH3 is 1. The highest BCUT2D eigenvalue weighted by Crippen LogP contribution is 2.26. The summed E-state index contributed by atoms with van der Waals surface area (Å²) in [6.45, 7) is 3.47. The SMILES string of the molecule is CCCc1occc1C(=O)NS(=O)(=O)c1c(C)nn(C)c1OC. The number of ether oxygens (including phenoxy) is 1. The van der Waals surface area contributed by atoms with E-state index in [0.29, 0.717) is 12.2 Å². The summed E-state index contributed by atoms with van der Waals surface area (Å²) < 4.78 is 38.7. The number of carbonyl (C=O) groups is 1. The molecule has 0 aromatic carbocycles. The van der Waals surface area contributed by atoms with E-state index in [0.717, 1.165) is 6.42 Å². The predicted molar refractivity (Wildman–Crippen MR) is 81.9 cm³/mol. The first-order chi connectivity index (χ1) is 10.8. The lowest BCUT2D eigenvalue weighted by Gasteiger charge is -2.08. The monoisotopic (exact) mass is 341 g/mol. The van der Waals surface area contributed by atoms with E-state index in [1.54, 1.807) is 7.05 Å². The van der Waals surface area contributed by atoms with Crippen molar-refractivity contribution in [1.29, 1.82) is 0 Å². The minimum absolute atomic E-state index is 0.0591. The lowest BCUT2D eigenvalue weighted by Crippen LogP contribution is -2.31. The largest absolute Gasteiger partial charge is 0.480 e. The van der Waals surface area contributed by atoms with Gasteiger partial charge in [0.15, 0.2) is 4.90 Å². The summed E-state index contributed by atoms with van der Waals surface area (Å²) in [5.41, 5.74) is 0.446. The van der Waals surface area contributed by atoms with Crippen molar-refractivity contribution in [3.05, 3.63) is 29.3 Å². The molecule has 2 heterocycles. The van der Waals surface area contributed by atoms with Crippen LogP contribution in [-0.4, -0.2) is 31.2 Å². The van der Waals surface area contributed by atoms with Crippen molar-refractivity contribution in [3.63, 3.8) is 0 Å². The summed E-state index contributed by atoms with van der Waals surface area (Å²) >= 11 is 0. The fourth-order valence-electron chi connectivity index (χ4n) is 2.34. The maximum absolute atomic E-state index is 12.5. The molecule has 0 saturated carbocycles. The highest BCUT2D eigenvalue weighted by atomic mass is 32.2. The van der Waals surface area contributed by atoms with Gasteiger partial charge in [-0.2, -0.15) is 5.10 Å². The van der Waals surface area contributed by atoms with Crippen LogP contribution in [0.3, 0.4) is 0 Å². The molecule has 0 unspecified atom stereocenters. The molecule has 0 atom stereocenters. The van der Waals surface area contributed by atoms with Gasteiger partial charge >= 0.3 is 0 Å². The molecule has 8 nitrogen and oxygen atoms in total. The molecule has 126 valence electrons. The van der Waals surface area contributed by atoms with Gasteiger partial charge in [-0.25, -0.2) is 17.8 Å². The van der Waals surface area contributed by atoms with Crippen molar-refractivity contribution < 1.29 is 22.4 Å². The fraction of sp³-hybridized carbons (Fsp3) is 0.429. The molecule has 0 aliphatic heterocycles. The number of carbonyl (C=O) groups excluding carboxylic acids is 1. The van der Waals surface area contributed by atoms with Gasteiger partial charge in [0.05, 0.1) is 24.6 Å². The van der Waals surface area contributed by atoms with E-state index in [-0.39, 0.29) is 22.0 Å². The van der Waals surface area contributed by atoms with Crippen LogP contribution in [0.5, 0.6) is 5.88 Å². The number of nitrogens with zero attached hydrogens (tertiary/aromatic N) is 2. The van der Waals surface area contributed by atoms with Gasteiger partial charge in [0.2, 0.25) is 5.88 Å². The van der Waals surface area contributed by atoms with Gasteiger partial charge in [-0.3, -0.25) is 4.79 Å². The normalized spacial score (nSPS) is 11.5. The minimum Gasteiger partial charge on any atom is -0.480 e. The van der Waals surface area contributed by atoms with E-state index >= 15 is 0 Å². The molecule has 0 spiro atoms. The van der Waals surface area contributed by atoms with Crippen molar-refractivity contribution >= 4 is 15.9 Å². The summed E-state index contributed by atoms with van der Waals surface area (Å²) in [6, 6.07) is 1.45. The number of amides is 1. The Labute approximate surface area is 134 Å². The Morgan fingerprint density at radius 1 is 1.48 bits per heavy atom. The molecule has 0 bridgehead atoms. The molecule has 1 amide bonds. The van der Waals surface area contributed by atoms with Crippen LogP contribution < -0.4 is 9.46 Å². The molecule has 2 aromatic rings. The Hall–Kier alpha value is -2.29. The van der Waals surface area contributed by atoms with Crippen LogP contribution in [-0.2, 0) is 23.5 Å². The molecule has 0 aliphatic carbocycles. The predicted octanol–water partition coefficient (Wildman–Crippen LogP) is 1.40. The molecule has 0 fully saturated rings. The average Bonchev–Trinajstić information content (AvgIpc) is 3.02. The topological polar surface area (TPSA) is 103 Å². The van der Waals surface area contributed by atoms with Gasteiger partial charge in [-0.1, -0.05) is 6.92 Å². The zero-order chi connectivity index (χ0) is 17.2. The van der Waals surface area contributed by atoms with E-state index in [2.05, 4.69) is 5.10 Å². The third-order valence-electron chi connectivity index (χ3n) is 3.27. The third kappa shape index (κ3) is 3.24. The number of aryl methyl sites for hydroxylation is 3. The number of furan rings is 1. The molecule has 2 rings (SSSR count). The lowest BCUT2D eigenvalue weighted by molar-refractivity contribution is 0.0979. The highest BCUT2D eigenvalue weighted by molar-refractivity contribution is 7.90. The second kappa shape index (κ2) is 6.45. The number of sulfonamides is 1. The van der Waals surface area contributed by atoms with Crippen molar-refractivity contribution in [2.75, 3.05) is 7.11 Å². The maximum atomic E-state index is 12.5. The Balaban J connectivity index is 2.35. The van der Waals surface area contributed by atoms with Crippen LogP contribution in [0.4, 0.5) is 0 Å². The fourth-order valence-corrected chi connectivity index (χ4v) is 3.67. The molecular weight excluding hydrogens is 322 g/mol. The molecule has 23 heavy (non-hydrogen) atoms. The van der Waals surface area contributed by atoms with Crippen LogP contribution in [0.25, 0.3) is 0 Å². The van der Waals surface area contributed by atoms with Gasteiger partial charge in [-0.05, 0) is 19.4 Å². The minimum atomic E-state index is -4.12. The van der Waals surface area contributed by atoms with Crippen molar-refractivity contribution in [2.45, 2.75) is 31.6 Å². The van der Waals surface area contributed by atoms with E-state index in [4.69, 9.17) is 9.15 Å². The Morgan fingerprint density at radius 2 is 2.17 bits per heavy atom. The summed E-state index contributed by atoms with van der Waals surface area (Å²) in [5, 5.41) is 4.01. The summed E-state index contributed by atoms with van der Waals surface area (Å²) in [7, 11) is -1.22. The van der Waals surface area contributed by atoms with Crippen LogP contribution >= 0.6 is 0 Å². The van der Waals surface area contributed by atoms with Crippen molar-refractivity contribution in [1.82, 2.24) is 14.5 Å². The number of hydrogen-bond acceptors (Lipinski definition) is 6. The van der Waals surface area contributed by atoms with Gasteiger partial charge in [0.25, 0.3) is 15.9 Å². The van der Waals surface area contributed by atoms with E-state index in [9.17, 15) is 13.2 Å². The van der Waals surface area contributed by atoms with E-state index in [1.807, 2.05) is 11.6 Å². The quantitative estimate of drug-likeness (QED) is 0.852. The van der Waals surface area contributed by atoms with E-state index in [1.165, 1.54) is 31.0 Å². The first-order valence-corrected chi connectivity index (χ1v) is 8.51. The Bertz CT molecular complexity index is 820.